The van der Waals surface area contributed by atoms with E-state index in [1.165, 1.54) is 117 Å². The molecule has 2 rings (SSSR count). The molecule has 2 saturated heterocycles. The SMILES string of the molecule is CCCCCCCCCCCCCCCC(=O)OC([C@H](CO)OC(=O)CCCCCCCCCCCCCCC)[C@@](C)(N)C(=O)N[C@H](CCC(=O)N(CC(C)O[C@H]1[C@H](O)[C@@H](CO)O[C@H](O)[C@@H]1NC(C)=O)[C@@H](C)C(=O)O)C(N)=O.CCN1OP1(=O)O. The first-order valence-corrected chi connectivity index (χ1v) is 33.1. The Labute approximate surface area is 505 Å². The number of hydroxylamine groups is 1. The van der Waals surface area contributed by atoms with Crippen LogP contribution in [0.25, 0.3) is 0 Å². The van der Waals surface area contributed by atoms with Gasteiger partial charge in [0, 0.05) is 39.3 Å². The van der Waals surface area contributed by atoms with Gasteiger partial charge in [-0.3, -0.25) is 28.8 Å². The van der Waals surface area contributed by atoms with Crippen LogP contribution in [-0.4, -0.2) is 175 Å². The van der Waals surface area contributed by atoms with E-state index in [-0.39, 0.29) is 12.8 Å². The number of amides is 4. The maximum atomic E-state index is 14.2. The predicted octanol–water partition coefficient (Wildman–Crippen LogP) is 6.24. The van der Waals surface area contributed by atoms with Crippen molar-refractivity contribution in [3.05, 3.63) is 0 Å². The van der Waals surface area contributed by atoms with Crippen molar-refractivity contribution in [2.75, 3.05) is 26.3 Å². The van der Waals surface area contributed by atoms with E-state index in [1.54, 1.807) is 6.92 Å². The molecule has 496 valence electrons. The molecule has 0 aliphatic carbocycles. The normalized spacial score (nSPS) is 22.5. The highest BCUT2D eigenvalue weighted by atomic mass is 31.2. The van der Waals surface area contributed by atoms with Crippen molar-refractivity contribution in [3.8, 4) is 0 Å². The highest BCUT2D eigenvalue weighted by Crippen LogP contribution is 2.63. The van der Waals surface area contributed by atoms with Crippen molar-refractivity contribution in [1.82, 2.24) is 20.4 Å². The molecule has 2 heterocycles. The Balaban J connectivity index is 0.00000477. The average Bonchev–Trinajstić information content (AvgIpc) is 2.74. The van der Waals surface area contributed by atoms with Crippen molar-refractivity contribution >= 4 is 49.3 Å². The molecule has 13 atom stereocenters. The van der Waals surface area contributed by atoms with Crippen molar-refractivity contribution in [2.45, 2.75) is 308 Å². The van der Waals surface area contributed by atoms with Gasteiger partial charge >= 0.3 is 25.7 Å². The van der Waals surface area contributed by atoms with Crippen LogP contribution in [0.1, 0.15) is 241 Å². The standard InChI is InChI=1S/C57H105N5O16.C2H6NO3P/c1-7-9-11-13-15-17-19-21-23-25-27-29-31-33-47(67)76-45(39-64)52(78-48(68)34-32-30-28-26-24-22-20-18-16-14-12-10-8-2)57(6,59)56(74)61-43(53(58)70)35-36-46(66)62(41(4)54(71)72)37-40(3)75-51-49(60-42(5)65)55(73)77-44(38-63)50(51)69;1-2-3-6-7(3,4)5/h40-41,43-45,49-52,55,63-64,69,73H,7-39,59H2,1-6H3,(H2,58,70)(H,60,65)(H,61,74)(H,71,72);2H2,1H3,(H,4,5)/t40?,41-,43+,44+,45-,49+,50+,51+,52?,55-,57+;/m0./s1. The van der Waals surface area contributed by atoms with E-state index in [4.69, 9.17) is 35.3 Å². The van der Waals surface area contributed by atoms with Gasteiger partial charge in [0.15, 0.2) is 18.5 Å². The highest BCUT2D eigenvalue weighted by Gasteiger charge is 2.50. The Bertz CT molecular complexity index is 1970. The first-order valence-electron chi connectivity index (χ1n) is 31.6. The van der Waals surface area contributed by atoms with Crippen LogP contribution in [0.5, 0.6) is 0 Å². The number of nitrogens with one attached hydrogen (secondary N) is 2. The first-order chi connectivity index (χ1) is 40.3. The molecule has 2 aliphatic heterocycles. The zero-order chi connectivity index (χ0) is 64.0. The summed E-state index contributed by atoms with van der Waals surface area (Å²) in [6, 6.07) is -4.39. The molecule has 4 amide bonds. The molecule has 2 fully saturated rings. The largest absolute Gasteiger partial charge is 0.480 e. The quantitative estimate of drug-likeness (QED) is 0.0139. The highest BCUT2D eigenvalue weighted by molar-refractivity contribution is 7.55. The van der Waals surface area contributed by atoms with Gasteiger partial charge in [-0.25, -0.2) is 9.36 Å². The Kier molecular flexibility index (Phi) is 41.5. The lowest BCUT2D eigenvalue weighted by molar-refractivity contribution is -0.268. The molecule has 0 saturated carbocycles. The number of aliphatic hydroxyl groups excluding tert-OH is 4. The number of carboxylic acids is 1. The van der Waals surface area contributed by atoms with Gasteiger partial charge in [-0.1, -0.05) is 173 Å². The van der Waals surface area contributed by atoms with Crippen LogP contribution >= 0.6 is 7.75 Å². The van der Waals surface area contributed by atoms with Gasteiger partial charge in [0.05, 0.1) is 19.3 Å². The lowest BCUT2D eigenvalue weighted by atomic mass is 9.89. The van der Waals surface area contributed by atoms with E-state index in [9.17, 15) is 63.7 Å². The number of carbonyl (C=O) groups is 7. The third-order valence-corrected chi connectivity index (χ3v) is 16.6. The number of hydrogen-bond acceptors (Lipinski definition) is 18. The molecule has 0 aromatic heterocycles. The van der Waals surface area contributed by atoms with Crippen molar-refractivity contribution in [3.63, 3.8) is 0 Å². The Hall–Kier alpha value is -3.88. The number of nitrogens with zero attached hydrogens (tertiary/aromatic N) is 2. The van der Waals surface area contributed by atoms with Gasteiger partial charge in [0.1, 0.15) is 42.0 Å². The molecule has 0 bridgehead atoms. The van der Waals surface area contributed by atoms with Crippen molar-refractivity contribution < 1.29 is 92.1 Å². The molecule has 0 aromatic carbocycles. The van der Waals surface area contributed by atoms with Crippen LogP contribution in [-0.2, 0) is 61.7 Å². The minimum Gasteiger partial charge on any atom is -0.480 e. The third kappa shape index (κ3) is 32.8. The minimum absolute atomic E-state index is 0.00392. The number of primary amides is 1. The van der Waals surface area contributed by atoms with Gasteiger partial charge in [-0.15, -0.1) is 0 Å². The molecule has 0 radical (unpaired) electrons. The summed E-state index contributed by atoms with van der Waals surface area (Å²) in [5.41, 5.74) is 10.1. The second kappa shape index (κ2) is 44.5. The fourth-order valence-electron chi connectivity index (χ4n) is 10.1. The fraction of sp³-hybridized carbons (Fsp3) is 0.881. The molecule has 12 N–H and O–H groups in total. The fourth-order valence-corrected chi connectivity index (χ4v) is 11.0. The zero-order valence-electron chi connectivity index (χ0n) is 52.3. The van der Waals surface area contributed by atoms with Crippen LogP contribution in [0.15, 0.2) is 0 Å². The van der Waals surface area contributed by atoms with Crippen molar-refractivity contribution in [2.24, 2.45) is 11.5 Å². The minimum atomic E-state index is -3.17. The van der Waals surface area contributed by atoms with Gasteiger partial charge in [0.2, 0.25) is 23.6 Å². The van der Waals surface area contributed by atoms with Crippen LogP contribution in [0, 0.1) is 0 Å². The summed E-state index contributed by atoms with van der Waals surface area (Å²) in [5, 5.41) is 56.6. The number of carbonyl (C=O) groups excluding carboxylic acids is 6. The monoisotopic (exact) mass is 1240 g/mol. The van der Waals surface area contributed by atoms with Crippen LogP contribution in [0.3, 0.4) is 0 Å². The van der Waals surface area contributed by atoms with Gasteiger partial charge in [-0.2, -0.15) is 4.62 Å². The number of unbranched alkanes of at least 4 members (excludes halogenated alkanes) is 24. The molecule has 0 aromatic rings. The maximum Gasteiger partial charge on any atom is 0.446 e. The number of hydrogen-bond donors (Lipinski definition) is 10. The van der Waals surface area contributed by atoms with E-state index >= 15 is 0 Å². The molecule has 85 heavy (non-hydrogen) atoms. The molecule has 0 spiro atoms. The Morgan fingerprint density at radius 2 is 1.15 bits per heavy atom. The number of nitrogens with two attached hydrogens (primary N) is 2. The summed E-state index contributed by atoms with van der Waals surface area (Å²) >= 11 is 0. The zero-order valence-corrected chi connectivity index (χ0v) is 53.2. The van der Waals surface area contributed by atoms with Gasteiger partial charge < -0.3 is 76.4 Å². The molecular formula is C59H111N6O19P. The van der Waals surface area contributed by atoms with Crippen LogP contribution in [0.4, 0.5) is 0 Å². The van der Waals surface area contributed by atoms with E-state index in [0.717, 1.165) is 74.4 Å². The second-order valence-corrected chi connectivity index (χ2v) is 24.6. The Morgan fingerprint density at radius 1 is 0.718 bits per heavy atom. The molecule has 4 unspecified atom stereocenters. The number of carboxylic acid groups (broad SMARTS) is 1. The summed E-state index contributed by atoms with van der Waals surface area (Å²) in [4.78, 5) is 102. The van der Waals surface area contributed by atoms with E-state index in [1.807, 2.05) is 0 Å². The van der Waals surface area contributed by atoms with E-state index < -0.39 is 148 Å². The number of aliphatic hydroxyl groups is 4. The Morgan fingerprint density at radius 3 is 1.52 bits per heavy atom. The summed E-state index contributed by atoms with van der Waals surface area (Å²) in [6.45, 7) is 9.62. The third-order valence-electron chi connectivity index (χ3n) is 15.4. The summed E-state index contributed by atoms with van der Waals surface area (Å²) in [7, 11) is -3.17. The summed E-state index contributed by atoms with van der Waals surface area (Å²) in [6.07, 6.45) is 17.1. The number of rotatable bonds is 48. The average molecular weight is 1240 g/mol. The van der Waals surface area contributed by atoms with Crippen LogP contribution < -0.4 is 22.1 Å². The number of esters is 2. The maximum absolute atomic E-state index is 14.2. The molecule has 25 nitrogen and oxygen atoms in total. The molecule has 26 heteroatoms. The topological polar surface area (TPSA) is 390 Å². The number of ether oxygens (including phenoxy) is 4. The van der Waals surface area contributed by atoms with Crippen molar-refractivity contribution in [1.29, 1.82) is 0 Å². The van der Waals surface area contributed by atoms with E-state index in [0.29, 0.717) is 19.4 Å². The van der Waals surface area contributed by atoms with Crippen LogP contribution in [0.2, 0.25) is 0 Å². The van der Waals surface area contributed by atoms with Gasteiger partial charge in [-0.05, 0) is 47.0 Å². The smallest absolute Gasteiger partial charge is 0.446 e. The van der Waals surface area contributed by atoms with Gasteiger partial charge in [0.25, 0.3) is 0 Å². The second-order valence-electron chi connectivity index (χ2n) is 23.0. The molecule has 2 aliphatic rings. The number of aliphatic carboxylic acids is 1. The predicted molar refractivity (Wildman–Crippen MR) is 318 cm³/mol. The lowest BCUT2D eigenvalue weighted by Gasteiger charge is -2.43. The summed E-state index contributed by atoms with van der Waals surface area (Å²) in [5.74, 6) is -6.49. The van der Waals surface area contributed by atoms with E-state index in [2.05, 4.69) is 29.1 Å². The summed E-state index contributed by atoms with van der Waals surface area (Å²) < 4.78 is 37.0. The first kappa shape index (κ1) is 79.1. The molecular weight excluding hydrogens is 1130 g/mol. The lowest BCUT2D eigenvalue weighted by Crippen LogP contribution is -2.66.